The van der Waals surface area contributed by atoms with Gasteiger partial charge in [-0.1, -0.05) is 32.6 Å². The highest BCUT2D eigenvalue weighted by molar-refractivity contribution is 7.58. The average molecular weight is 268 g/mol. The standard InChI is InChI=1S/C14H21O3P/c1-2-3-4-5-6-7-10-18(17)14-11-12(15)8-9-13(14)16/h8-11,15-16H,2-7H2,1H3. The maximum Gasteiger partial charge on any atom is 0.189 e. The van der Waals surface area contributed by atoms with Gasteiger partial charge in [0, 0.05) is 12.5 Å². The number of hydrogen-bond acceptors (Lipinski definition) is 3. The van der Waals surface area contributed by atoms with E-state index in [0.29, 0.717) is 5.30 Å². The highest BCUT2D eigenvalue weighted by Crippen LogP contribution is 2.23. The lowest BCUT2D eigenvalue weighted by Crippen LogP contribution is -2.07. The van der Waals surface area contributed by atoms with Crippen LogP contribution < -0.4 is 10.2 Å². The van der Waals surface area contributed by atoms with Gasteiger partial charge in [0.1, 0.15) is 5.75 Å². The van der Waals surface area contributed by atoms with E-state index in [2.05, 4.69) is 6.92 Å². The van der Waals surface area contributed by atoms with Gasteiger partial charge in [0.2, 0.25) is 0 Å². The predicted octanol–water partition coefficient (Wildman–Crippen LogP) is 2.64. The summed E-state index contributed by atoms with van der Waals surface area (Å²) >= 11 is 0. The highest BCUT2D eigenvalue weighted by Gasteiger charge is 2.10. The molecule has 2 N–H and O–H groups in total. The summed E-state index contributed by atoms with van der Waals surface area (Å²) in [5.41, 5.74) is 0. The molecule has 0 spiro atoms. The van der Waals surface area contributed by atoms with Gasteiger partial charge in [-0.15, -0.1) is 0 Å². The van der Waals surface area contributed by atoms with Crippen LogP contribution in [-0.2, 0) is 0 Å². The number of phenolic OH excluding ortho intramolecular Hbond substituents is 2. The molecule has 100 valence electrons. The lowest BCUT2D eigenvalue weighted by molar-refractivity contribution is -0.149. The molecule has 0 bridgehead atoms. The lowest BCUT2D eigenvalue weighted by Gasteiger charge is -2.02. The molecule has 0 fully saturated rings. The van der Waals surface area contributed by atoms with Crippen LogP contribution in [0.25, 0.3) is 0 Å². The summed E-state index contributed by atoms with van der Waals surface area (Å²) in [6.45, 7) is 2.17. The summed E-state index contributed by atoms with van der Waals surface area (Å²) < 4.78 is 0. The zero-order valence-corrected chi connectivity index (χ0v) is 11.7. The zero-order valence-electron chi connectivity index (χ0n) is 10.8. The maximum atomic E-state index is 11.9. The van der Waals surface area contributed by atoms with Crippen LogP contribution in [0.5, 0.6) is 11.5 Å². The molecule has 1 aromatic rings. The first-order valence-electron chi connectivity index (χ1n) is 6.46. The minimum atomic E-state index is -1.72. The van der Waals surface area contributed by atoms with E-state index in [9.17, 15) is 15.1 Å². The van der Waals surface area contributed by atoms with Crippen LogP contribution in [-0.4, -0.2) is 16.0 Å². The summed E-state index contributed by atoms with van der Waals surface area (Å²) in [4.78, 5) is 11.9. The molecule has 0 heterocycles. The molecule has 0 aromatic heterocycles. The fourth-order valence-corrected chi connectivity index (χ4v) is 2.92. The average Bonchev–Trinajstić information content (AvgIpc) is 2.36. The fourth-order valence-electron chi connectivity index (χ4n) is 1.74. The van der Waals surface area contributed by atoms with E-state index in [1.54, 1.807) is 5.80 Å². The number of aromatic hydroxyl groups is 2. The second-order valence-electron chi connectivity index (χ2n) is 4.38. The zero-order chi connectivity index (χ0) is 13.4. The largest absolute Gasteiger partial charge is 0.626 e. The Bertz CT molecular complexity index is 402. The molecule has 0 aliphatic carbocycles. The van der Waals surface area contributed by atoms with Crippen molar-refractivity contribution in [3.63, 3.8) is 0 Å². The van der Waals surface area contributed by atoms with Crippen molar-refractivity contribution >= 4 is 18.9 Å². The molecule has 0 saturated carbocycles. The summed E-state index contributed by atoms with van der Waals surface area (Å²) in [6.07, 6.45) is 6.65. The first-order valence-corrected chi connectivity index (χ1v) is 7.79. The molecule has 0 saturated heterocycles. The third kappa shape index (κ3) is 5.07. The van der Waals surface area contributed by atoms with Crippen LogP contribution in [0, 0.1) is 0 Å². The molecule has 0 radical (unpaired) electrons. The normalized spacial score (nSPS) is 11.8. The Labute approximate surface area is 110 Å². The minimum Gasteiger partial charge on any atom is -0.626 e. The van der Waals surface area contributed by atoms with E-state index in [1.165, 1.54) is 37.5 Å². The van der Waals surface area contributed by atoms with E-state index in [-0.39, 0.29) is 11.5 Å². The van der Waals surface area contributed by atoms with E-state index in [1.807, 2.05) is 0 Å². The van der Waals surface area contributed by atoms with Gasteiger partial charge in [0.25, 0.3) is 0 Å². The van der Waals surface area contributed by atoms with Gasteiger partial charge >= 0.3 is 0 Å². The van der Waals surface area contributed by atoms with Gasteiger partial charge in [-0.3, -0.25) is 0 Å². The van der Waals surface area contributed by atoms with Crippen LogP contribution in [0.1, 0.15) is 45.4 Å². The number of benzene rings is 1. The summed E-state index contributed by atoms with van der Waals surface area (Å²) in [6, 6.07) is 4.11. The maximum absolute atomic E-state index is 11.9. The summed E-state index contributed by atoms with van der Waals surface area (Å²) in [5.74, 6) is 1.74. The van der Waals surface area contributed by atoms with Crippen LogP contribution in [0.4, 0.5) is 0 Å². The summed E-state index contributed by atoms with van der Waals surface area (Å²) in [5, 5.41) is 19.2. The Morgan fingerprint density at radius 2 is 1.89 bits per heavy atom. The number of phenols is 2. The first kappa shape index (κ1) is 15.0. The predicted molar refractivity (Wildman–Crippen MR) is 75.8 cm³/mol. The monoisotopic (exact) mass is 268 g/mol. The van der Waals surface area contributed by atoms with E-state index < -0.39 is 7.77 Å². The van der Waals surface area contributed by atoms with E-state index >= 15 is 0 Å². The number of unbranched alkanes of at least 4 members (excludes halogenated alkanes) is 5. The van der Waals surface area contributed by atoms with E-state index in [0.717, 1.165) is 19.3 Å². The minimum absolute atomic E-state index is 0.0175. The summed E-state index contributed by atoms with van der Waals surface area (Å²) in [7, 11) is -1.72. The number of rotatable bonds is 7. The topological polar surface area (TPSA) is 63.5 Å². The molecule has 0 aliphatic rings. The van der Waals surface area contributed by atoms with Crippen LogP contribution in [0.3, 0.4) is 0 Å². The Balaban J connectivity index is 2.47. The third-order valence-corrected chi connectivity index (χ3v) is 4.22. The Hall–Kier alpha value is -1.05. The van der Waals surface area contributed by atoms with E-state index in [4.69, 9.17) is 0 Å². The van der Waals surface area contributed by atoms with Gasteiger partial charge in [-0.05, 0) is 18.6 Å². The highest BCUT2D eigenvalue weighted by atomic mass is 31.1. The van der Waals surface area contributed by atoms with Gasteiger partial charge < -0.3 is 15.1 Å². The van der Waals surface area contributed by atoms with Gasteiger partial charge in [0.15, 0.2) is 11.1 Å². The van der Waals surface area contributed by atoms with Crippen molar-refractivity contribution in [1.29, 1.82) is 0 Å². The van der Waals surface area contributed by atoms with Crippen molar-refractivity contribution in [2.75, 3.05) is 0 Å². The molecule has 0 amide bonds. The molecule has 4 heteroatoms. The molecule has 1 rings (SSSR count). The molecule has 1 atom stereocenters. The SMILES string of the molecule is CCCCCCC/C=[P+](\[O-])c1cc(O)ccc1O. The van der Waals surface area contributed by atoms with Gasteiger partial charge in [0.05, 0.1) is 13.6 Å². The van der Waals surface area contributed by atoms with Gasteiger partial charge in [-0.2, -0.15) is 0 Å². The lowest BCUT2D eigenvalue weighted by atomic mass is 10.1. The van der Waals surface area contributed by atoms with Crippen LogP contribution >= 0.6 is 7.77 Å². The van der Waals surface area contributed by atoms with Gasteiger partial charge in [-0.25, -0.2) is 0 Å². The second-order valence-corrected chi connectivity index (χ2v) is 5.88. The molecule has 1 unspecified atom stereocenters. The smallest absolute Gasteiger partial charge is 0.189 e. The van der Waals surface area contributed by atoms with Crippen LogP contribution in [0.2, 0.25) is 0 Å². The van der Waals surface area contributed by atoms with Crippen LogP contribution in [0.15, 0.2) is 18.2 Å². The van der Waals surface area contributed by atoms with Crippen molar-refractivity contribution in [2.45, 2.75) is 45.4 Å². The van der Waals surface area contributed by atoms with Crippen molar-refractivity contribution < 1.29 is 15.1 Å². The molecule has 1 aromatic carbocycles. The molecular weight excluding hydrogens is 247 g/mol. The molecule has 18 heavy (non-hydrogen) atoms. The molecule has 0 aliphatic heterocycles. The Morgan fingerprint density at radius 1 is 1.17 bits per heavy atom. The van der Waals surface area contributed by atoms with Crippen molar-refractivity contribution in [2.24, 2.45) is 0 Å². The Kier molecular flexibility index (Phi) is 6.77. The molecule has 3 nitrogen and oxygen atoms in total. The van der Waals surface area contributed by atoms with Crippen molar-refractivity contribution in [1.82, 2.24) is 0 Å². The third-order valence-electron chi connectivity index (χ3n) is 2.80. The molecular formula is C14H21O3P. The first-order chi connectivity index (χ1) is 8.65. The second kappa shape index (κ2) is 8.12. The van der Waals surface area contributed by atoms with Crippen molar-refractivity contribution in [3.05, 3.63) is 18.2 Å². The fraction of sp³-hybridized carbons (Fsp3) is 0.500. The number of hydrogen-bond donors (Lipinski definition) is 2. The quantitative estimate of drug-likeness (QED) is 0.454. The van der Waals surface area contributed by atoms with Crippen molar-refractivity contribution in [3.8, 4) is 11.5 Å². The Morgan fingerprint density at radius 3 is 2.61 bits per heavy atom.